The van der Waals surface area contributed by atoms with Gasteiger partial charge in [-0.3, -0.25) is 4.79 Å². The quantitative estimate of drug-likeness (QED) is 0.865. The molecule has 2 aromatic rings. The minimum atomic E-state index is -4.41. The third-order valence-corrected chi connectivity index (χ3v) is 4.67. The second kappa shape index (κ2) is 8.14. The lowest BCUT2D eigenvalue weighted by Crippen LogP contribution is -2.46. The van der Waals surface area contributed by atoms with Crippen LogP contribution in [0.1, 0.15) is 28.8 Å². The van der Waals surface area contributed by atoms with Crippen LogP contribution >= 0.6 is 0 Å². The maximum atomic E-state index is 12.6. The molecule has 1 aliphatic rings. The summed E-state index contributed by atoms with van der Waals surface area (Å²) in [5.41, 5.74) is -0.315. The summed E-state index contributed by atoms with van der Waals surface area (Å²) >= 11 is 0. The van der Waals surface area contributed by atoms with Crippen molar-refractivity contribution in [1.82, 2.24) is 14.9 Å². The van der Waals surface area contributed by atoms with Crippen molar-refractivity contribution in [3.05, 3.63) is 47.4 Å². The van der Waals surface area contributed by atoms with E-state index in [0.717, 1.165) is 44.9 Å². The summed E-state index contributed by atoms with van der Waals surface area (Å²) < 4.78 is 37.9. The molecule has 150 valence electrons. The number of likely N-dealkylation sites (N-methyl/N-ethyl adjacent to an activating group) is 1. The molecule has 1 aromatic carbocycles. The highest BCUT2D eigenvalue weighted by atomic mass is 19.4. The van der Waals surface area contributed by atoms with E-state index in [0.29, 0.717) is 11.6 Å². The predicted molar refractivity (Wildman–Crippen MR) is 100 cm³/mol. The molecule has 0 atom stereocenters. The largest absolute Gasteiger partial charge is 0.416 e. The standard InChI is InChI=1S/C19H22F3N5O/c1-3-26-8-10-27(11-9-26)17-12-16(23-13(2)24-17)18(28)25-15-6-4-14(5-7-15)19(20,21)22/h4-7,12H,3,8-11H2,1-2H3,(H,25,28). The summed E-state index contributed by atoms with van der Waals surface area (Å²) in [4.78, 5) is 25.6. The number of hydrogen-bond donors (Lipinski definition) is 1. The number of benzene rings is 1. The first-order valence-corrected chi connectivity index (χ1v) is 9.08. The molecule has 2 heterocycles. The van der Waals surface area contributed by atoms with Crippen molar-refractivity contribution >= 4 is 17.4 Å². The number of piperazine rings is 1. The van der Waals surface area contributed by atoms with E-state index in [1.165, 1.54) is 12.1 Å². The molecule has 1 aromatic heterocycles. The number of anilines is 2. The van der Waals surface area contributed by atoms with Crippen LogP contribution < -0.4 is 10.2 Å². The molecule has 1 amide bonds. The summed E-state index contributed by atoms with van der Waals surface area (Å²) in [6, 6.07) is 5.92. The van der Waals surface area contributed by atoms with Gasteiger partial charge >= 0.3 is 6.18 Å². The van der Waals surface area contributed by atoms with Crippen molar-refractivity contribution in [2.24, 2.45) is 0 Å². The maximum Gasteiger partial charge on any atom is 0.416 e. The Morgan fingerprint density at radius 3 is 2.32 bits per heavy atom. The molecule has 0 radical (unpaired) electrons. The summed E-state index contributed by atoms with van der Waals surface area (Å²) in [5, 5.41) is 2.59. The number of nitrogens with zero attached hydrogens (tertiary/aromatic N) is 4. The van der Waals surface area contributed by atoms with Gasteiger partial charge in [-0.1, -0.05) is 6.92 Å². The molecule has 9 heteroatoms. The Bertz CT molecular complexity index is 830. The third-order valence-electron chi connectivity index (χ3n) is 4.67. The Kier molecular flexibility index (Phi) is 5.83. The number of aromatic nitrogens is 2. The molecular formula is C19H22F3N5O. The first-order chi connectivity index (χ1) is 13.3. The first kappa shape index (κ1) is 20.1. The molecule has 0 spiro atoms. The van der Waals surface area contributed by atoms with Crippen molar-refractivity contribution in [3.8, 4) is 0 Å². The minimum Gasteiger partial charge on any atom is -0.354 e. The zero-order valence-corrected chi connectivity index (χ0v) is 15.8. The van der Waals surface area contributed by atoms with Gasteiger partial charge in [-0.25, -0.2) is 9.97 Å². The fourth-order valence-corrected chi connectivity index (χ4v) is 3.06. The van der Waals surface area contributed by atoms with Gasteiger partial charge in [0, 0.05) is 37.9 Å². The zero-order chi connectivity index (χ0) is 20.3. The molecule has 0 unspecified atom stereocenters. The molecule has 0 saturated carbocycles. The monoisotopic (exact) mass is 393 g/mol. The van der Waals surface area contributed by atoms with Crippen LogP contribution in [0.4, 0.5) is 24.7 Å². The predicted octanol–water partition coefficient (Wildman–Crippen LogP) is 3.20. The van der Waals surface area contributed by atoms with Crippen molar-refractivity contribution in [2.75, 3.05) is 42.9 Å². The Balaban J connectivity index is 1.72. The van der Waals surface area contributed by atoms with E-state index in [-0.39, 0.29) is 11.4 Å². The van der Waals surface area contributed by atoms with Crippen LogP contribution in [0, 0.1) is 6.92 Å². The average Bonchev–Trinajstić information content (AvgIpc) is 2.67. The van der Waals surface area contributed by atoms with Crippen LogP contribution in [0.5, 0.6) is 0 Å². The first-order valence-electron chi connectivity index (χ1n) is 9.08. The van der Waals surface area contributed by atoms with Crippen molar-refractivity contribution < 1.29 is 18.0 Å². The number of amides is 1. The van der Waals surface area contributed by atoms with Crippen molar-refractivity contribution in [2.45, 2.75) is 20.0 Å². The van der Waals surface area contributed by atoms with Gasteiger partial charge in [0.05, 0.1) is 5.56 Å². The zero-order valence-electron chi connectivity index (χ0n) is 15.8. The van der Waals surface area contributed by atoms with E-state index >= 15 is 0 Å². The SMILES string of the molecule is CCN1CCN(c2cc(C(=O)Nc3ccc(C(F)(F)F)cc3)nc(C)n2)CC1. The average molecular weight is 393 g/mol. The van der Waals surface area contributed by atoms with E-state index in [1.807, 2.05) is 0 Å². The van der Waals surface area contributed by atoms with E-state index in [2.05, 4.69) is 32.0 Å². The van der Waals surface area contributed by atoms with Crippen LogP contribution in [0.15, 0.2) is 30.3 Å². The number of rotatable bonds is 4. The number of alkyl halides is 3. The van der Waals surface area contributed by atoms with Gasteiger partial charge in [-0.05, 0) is 37.7 Å². The molecule has 0 aliphatic carbocycles. The van der Waals surface area contributed by atoms with Crippen LogP contribution in [0.2, 0.25) is 0 Å². The highest BCUT2D eigenvalue weighted by Crippen LogP contribution is 2.29. The molecule has 28 heavy (non-hydrogen) atoms. The smallest absolute Gasteiger partial charge is 0.354 e. The van der Waals surface area contributed by atoms with Crippen LogP contribution in [-0.2, 0) is 6.18 Å². The highest BCUT2D eigenvalue weighted by Gasteiger charge is 2.30. The van der Waals surface area contributed by atoms with Gasteiger partial charge in [-0.2, -0.15) is 13.2 Å². The summed E-state index contributed by atoms with van der Waals surface area (Å²) in [6.07, 6.45) is -4.41. The molecule has 1 aliphatic heterocycles. The van der Waals surface area contributed by atoms with Gasteiger partial charge in [0.15, 0.2) is 0 Å². The summed E-state index contributed by atoms with van der Waals surface area (Å²) in [5.74, 6) is 0.660. The summed E-state index contributed by atoms with van der Waals surface area (Å²) in [6.45, 7) is 8.29. The third kappa shape index (κ3) is 4.78. The Labute approximate surface area is 161 Å². The number of halogens is 3. The maximum absolute atomic E-state index is 12.6. The van der Waals surface area contributed by atoms with Crippen molar-refractivity contribution in [1.29, 1.82) is 0 Å². The Morgan fingerprint density at radius 2 is 1.75 bits per heavy atom. The molecule has 0 bridgehead atoms. The normalized spacial score (nSPS) is 15.5. The fourth-order valence-electron chi connectivity index (χ4n) is 3.06. The lowest BCUT2D eigenvalue weighted by Gasteiger charge is -2.34. The van der Waals surface area contributed by atoms with Gasteiger partial charge in [-0.15, -0.1) is 0 Å². The fraction of sp³-hybridized carbons (Fsp3) is 0.421. The molecular weight excluding hydrogens is 371 g/mol. The van der Waals surface area contributed by atoms with Gasteiger partial charge < -0.3 is 15.1 Å². The van der Waals surface area contributed by atoms with Gasteiger partial charge in [0.1, 0.15) is 17.3 Å². The Morgan fingerprint density at radius 1 is 1.11 bits per heavy atom. The second-order valence-corrected chi connectivity index (χ2v) is 6.61. The van der Waals surface area contributed by atoms with Crippen LogP contribution in [0.3, 0.4) is 0 Å². The minimum absolute atomic E-state index is 0.181. The number of aryl methyl sites for hydroxylation is 1. The number of nitrogens with one attached hydrogen (secondary N) is 1. The van der Waals surface area contributed by atoms with E-state index in [1.54, 1.807) is 13.0 Å². The highest BCUT2D eigenvalue weighted by molar-refractivity contribution is 6.03. The summed E-state index contributed by atoms with van der Waals surface area (Å²) in [7, 11) is 0. The lowest BCUT2D eigenvalue weighted by atomic mass is 10.2. The molecule has 6 nitrogen and oxygen atoms in total. The van der Waals surface area contributed by atoms with Crippen molar-refractivity contribution in [3.63, 3.8) is 0 Å². The van der Waals surface area contributed by atoms with Gasteiger partial charge in [0.2, 0.25) is 0 Å². The van der Waals surface area contributed by atoms with E-state index in [4.69, 9.17) is 0 Å². The van der Waals surface area contributed by atoms with Gasteiger partial charge in [0.25, 0.3) is 5.91 Å². The number of carbonyl (C=O) groups is 1. The lowest BCUT2D eigenvalue weighted by molar-refractivity contribution is -0.137. The van der Waals surface area contributed by atoms with E-state index < -0.39 is 17.6 Å². The molecule has 1 fully saturated rings. The topological polar surface area (TPSA) is 61.4 Å². The van der Waals surface area contributed by atoms with Crippen LogP contribution in [-0.4, -0.2) is 53.5 Å². The molecule has 1 saturated heterocycles. The van der Waals surface area contributed by atoms with Crippen LogP contribution in [0.25, 0.3) is 0 Å². The molecule has 3 rings (SSSR count). The number of hydrogen-bond acceptors (Lipinski definition) is 5. The Hall–Kier alpha value is -2.68. The number of carbonyl (C=O) groups excluding carboxylic acids is 1. The van der Waals surface area contributed by atoms with E-state index in [9.17, 15) is 18.0 Å². The molecule has 1 N–H and O–H groups in total. The second-order valence-electron chi connectivity index (χ2n) is 6.61.